The number of carboxylic acid groups (broad SMARTS) is 1. The lowest BCUT2D eigenvalue weighted by molar-refractivity contribution is -0.136. The SMILES string of the molecule is CN(CC(C#N)CNC(C)(C)CC1Cc2ccccc2C1)Sc1ccc(-c2ccc(CCC(=O)O)cc2Cl)c(Cl)c1. The van der Waals surface area contributed by atoms with Crippen LogP contribution < -0.4 is 5.32 Å². The zero-order valence-electron chi connectivity index (χ0n) is 23.8. The van der Waals surface area contributed by atoms with Crippen molar-refractivity contribution in [1.29, 1.82) is 5.26 Å². The van der Waals surface area contributed by atoms with E-state index >= 15 is 0 Å². The normalized spacial score (nSPS) is 14.2. The fourth-order valence-corrected chi connectivity index (χ4v) is 7.19. The van der Waals surface area contributed by atoms with E-state index in [2.05, 4.69) is 53.8 Å². The summed E-state index contributed by atoms with van der Waals surface area (Å²) in [7, 11) is 1.99. The zero-order valence-corrected chi connectivity index (χ0v) is 26.1. The van der Waals surface area contributed by atoms with E-state index in [4.69, 9.17) is 28.3 Å². The van der Waals surface area contributed by atoms with Gasteiger partial charge in [0.2, 0.25) is 0 Å². The number of hydrogen-bond donors (Lipinski definition) is 2. The molecule has 0 aromatic heterocycles. The predicted octanol–water partition coefficient (Wildman–Crippen LogP) is 7.93. The third-order valence-electron chi connectivity index (χ3n) is 7.57. The Balaban J connectivity index is 1.29. The molecule has 8 heteroatoms. The second-order valence-electron chi connectivity index (χ2n) is 11.6. The van der Waals surface area contributed by atoms with Gasteiger partial charge in [0, 0.05) is 51.1 Å². The summed E-state index contributed by atoms with van der Waals surface area (Å²) in [4.78, 5) is 11.8. The summed E-state index contributed by atoms with van der Waals surface area (Å²) >= 11 is 14.7. The summed E-state index contributed by atoms with van der Waals surface area (Å²) < 4.78 is 2.08. The third-order valence-corrected chi connectivity index (χ3v) is 9.13. The summed E-state index contributed by atoms with van der Waals surface area (Å²) in [5.41, 5.74) is 5.40. The van der Waals surface area contributed by atoms with E-state index in [1.165, 1.54) is 11.1 Å². The van der Waals surface area contributed by atoms with E-state index in [1.807, 2.05) is 37.4 Å². The molecule has 0 spiro atoms. The average Bonchev–Trinajstić information content (AvgIpc) is 3.32. The maximum absolute atomic E-state index is 10.9. The Bertz CT molecular complexity index is 1400. The summed E-state index contributed by atoms with van der Waals surface area (Å²) in [5.74, 6) is -0.356. The van der Waals surface area contributed by atoms with Gasteiger partial charge in [-0.2, -0.15) is 5.26 Å². The number of aliphatic carboxylic acids is 1. The number of halogens is 2. The number of carboxylic acids is 1. The van der Waals surface area contributed by atoms with E-state index < -0.39 is 5.97 Å². The number of carbonyl (C=O) groups is 1. The van der Waals surface area contributed by atoms with Crippen LogP contribution in [-0.4, -0.2) is 41.1 Å². The first-order valence-electron chi connectivity index (χ1n) is 13.9. The smallest absolute Gasteiger partial charge is 0.303 e. The van der Waals surface area contributed by atoms with Crippen LogP contribution in [0.1, 0.15) is 43.4 Å². The highest BCUT2D eigenvalue weighted by Gasteiger charge is 2.28. The van der Waals surface area contributed by atoms with E-state index in [0.717, 1.165) is 40.8 Å². The van der Waals surface area contributed by atoms with Gasteiger partial charge < -0.3 is 10.4 Å². The lowest BCUT2D eigenvalue weighted by atomic mass is 9.88. The van der Waals surface area contributed by atoms with Crippen molar-refractivity contribution < 1.29 is 9.90 Å². The van der Waals surface area contributed by atoms with Crippen molar-refractivity contribution in [2.45, 2.75) is 56.4 Å². The number of aryl methyl sites for hydroxylation is 1. The van der Waals surface area contributed by atoms with Gasteiger partial charge >= 0.3 is 5.97 Å². The van der Waals surface area contributed by atoms with Crippen molar-refractivity contribution in [2.24, 2.45) is 11.8 Å². The van der Waals surface area contributed by atoms with E-state index in [-0.39, 0.29) is 17.9 Å². The molecule has 41 heavy (non-hydrogen) atoms. The Kier molecular flexibility index (Phi) is 10.8. The fourth-order valence-electron chi connectivity index (χ4n) is 5.62. The lowest BCUT2D eigenvalue weighted by Crippen LogP contribution is -2.44. The minimum Gasteiger partial charge on any atom is -0.481 e. The van der Waals surface area contributed by atoms with E-state index in [1.54, 1.807) is 18.0 Å². The molecule has 216 valence electrons. The molecule has 3 aromatic carbocycles. The topological polar surface area (TPSA) is 76.4 Å². The number of hydrogen-bond acceptors (Lipinski definition) is 5. The van der Waals surface area contributed by atoms with Crippen LogP contribution in [0.4, 0.5) is 0 Å². The molecule has 0 fully saturated rings. The number of fused-ring (bicyclic) bond motifs is 1. The Labute approximate surface area is 258 Å². The van der Waals surface area contributed by atoms with Gasteiger partial charge in [-0.15, -0.1) is 0 Å². The number of nitriles is 1. The molecular weight excluding hydrogens is 573 g/mol. The quantitative estimate of drug-likeness (QED) is 0.192. The Morgan fingerprint density at radius 3 is 2.32 bits per heavy atom. The molecule has 0 saturated heterocycles. The Morgan fingerprint density at radius 2 is 1.73 bits per heavy atom. The summed E-state index contributed by atoms with van der Waals surface area (Å²) in [6.07, 6.45) is 3.83. The maximum atomic E-state index is 10.9. The maximum Gasteiger partial charge on any atom is 0.303 e. The molecule has 0 radical (unpaired) electrons. The first-order chi connectivity index (χ1) is 19.5. The van der Waals surface area contributed by atoms with Crippen LogP contribution in [0.5, 0.6) is 0 Å². The fraction of sp³-hybridized carbons (Fsp3) is 0.394. The minimum absolute atomic E-state index is 0.0490. The molecule has 0 aliphatic heterocycles. The second kappa shape index (κ2) is 14.1. The van der Waals surface area contributed by atoms with Gasteiger partial charge in [0.15, 0.2) is 0 Å². The van der Waals surface area contributed by atoms with Crippen LogP contribution in [0, 0.1) is 23.2 Å². The van der Waals surface area contributed by atoms with Crippen LogP contribution in [0.25, 0.3) is 11.1 Å². The highest BCUT2D eigenvalue weighted by Crippen LogP contribution is 2.37. The molecule has 1 aliphatic carbocycles. The van der Waals surface area contributed by atoms with Gasteiger partial charge in [-0.05, 0) is 99.3 Å². The largest absolute Gasteiger partial charge is 0.481 e. The summed E-state index contributed by atoms with van der Waals surface area (Å²) in [5, 5.41) is 23.6. The van der Waals surface area contributed by atoms with E-state index in [9.17, 15) is 10.1 Å². The monoisotopic (exact) mass is 609 g/mol. The van der Waals surface area contributed by atoms with Crippen LogP contribution in [0.2, 0.25) is 10.0 Å². The first-order valence-corrected chi connectivity index (χ1v) is 15.5. The molecule has 0 heterocycles. The number of nitrogens with zero attached hydrogens (tertiary/aromatic N) is 2. The summed E-state index contributed by atoms with van der Waals surface area (Å²) in [6.45, 7) is 5.72. The molecule has 0 bridgehead atoms. The highest BCUT2D eigenvalue weighted by molar-refractivity contribution is 7.97. The van der Waals surface area contributed by atoms with Crippen LogP contribution in [0.3, 0.4) is 0 Å². The standard InChI is InChI=1S/C33H37Cl2N3O2S/c1-33(2,18-23-14-25-6-4-5-7-26(25)15-23)37-20-24(19-36)21-38(3)41-27-10-12-29(31(35)17-27)28-11-8-22(16-30(28)34)9-13-32(39)40/h4-8,10-12,16-17,23-24,37H,9,13-15,18,20-21H2,1-3H3,(H,39,40). The van der Waals surface area contributed by atoms with Crippen molar-refractivity contribution in [1.82, 2.24) is 9.62 Å². The van der Waals surface area contributed by atoms with Crippen molar-refractivity contribution in [3.63, 3.8) is 0 Å². The van der Waals surface area contributed by atoms with Gasteiger partial charge in [0.1, 0.15) is 0 Å². The zero-order chi connectivity index (χ0) is 29.6. The van der Waals surface area contributed by atoms with Gasteiger partial charge in [-0.1, -0.05) is 65.7 Å². The molecule has 5 nitrogen and oxygen atoms in total. The highest BCUT2D eigenvalue weighted by atomic mass is 35.5. The minimum atomic E-state index is -0.835. The molecule has 0 saturated carbocycles. The van der Waals surface area contributed by atoms with E-state index in [0.29, 0.717) is 35.5 Å². The van der Waals surface area contributed by atoms with Crippen LogP contribution >= 0.6 is 35.1 Å². The van der Waals surface area contributed by atoms with Crippen molar-refractivity contribution >= 4 is 41.1 Å². The molecule has 2 N–H and O–H groups in total. The first kappa shape index (κ1) is 31.4. The molecule has 4 rings (SSSR count). The molecular formula is C33H37Cl2N3O2S. The van der Waals surface area contributed by atoms with Gasteiger partial charge in [0.05, 0.1) is 12.0 Å². The number of rotatable bonds is 13. The molecule has 0 amide bonds. The molecule has 1 atom stereocenters. The van der Waals surface area contributed by atoms with Crippen molar-refractivity contribution in [3.05, 3.63) is 87.4 Å². The van der Waals surface area contributed by atoms with Gasteiger partial charge in [0.25, 0.3) is 0 Å². The third kappa shape index (κ3) is 8.98. The average molecular weight is 611 g/mol. The second-order valence-corrected chi connectivity index (χ2v) is 13.7. The Hall–Kier alpha value is -2.53. The summed E-state index contributed by atoms with van der Waals surface area (Å²) in [6, 6.07) is 22.7. The van der Waals surface area contributed by atoms with Crippen LogP contribution in [0.15, 0.2) is 65.6 Å². The molecule has 1 unspecified atom stereocenters. The van der Waals surface area contributed by atoms with Crippen molar-refractivity contribution in [3.8, 4) is 17.2 Å². The number of benzene rings is 3. The number of nitrogens with one attached hydrogen (secondary N) is 1. The van der Waals surface area contributed by atoms with Gasteiger partial charge in [-0.3, -0.25) is 4.79 Å². The predicted molar refractivity (Wildman–Crippen MR) is 169 cm³/mol. The Morgan fingerprint density at radius 1 is 1.10 bits per heavy atom. The lowest BCUT2D eigenvalue weighted by Gasteiger charge is -2.31. The van der Waals surface area contributed by atoms with Crippen molar-refractivity contribution in [2.75, 3.05) is 20.1 Å². The van der Waals surface area contributed by atoms with Crippen LogP contribution in [-0.2, 0) is 24.1 Å². The molecule has 3 aromatic rings. The molecule has 1 aliphatic rings. The van der Waals surface area contributed by atoms with Gasteiger partial charge in [-0.25, -0.2) is 4.31 Å².